The summed E-state index contributed by atoms with van der Waals surface area (Å²) in [4.78, 5) is 6.78. The van der Waals surface area contributed by atoms with E-state index in [2.05, 4.69) is 90.7 Å². The molecule has 2 atom stereocenters. The highest BCUT2D eigenvalue weighted by Gasteiger charge is 2.14. The van der Waals surface area contributed by atoms with Crippen LogP contribution in [0.1, 0.15) is 42.8 Å². The van der Waals surface area contributed by atoms with Crippen molar-refractivity contribution in [2.45, 2.75) is 59.2 Å². The summed E-state index contributed by atoms with van der Waals surface area (Å²) >= 11 is 0. The number of nitrogens with one attached hydrogen (secondary N) is 2. The molecule has 0 amide bonds. The summed E-state index contributed by atoms with van der Waals surface area (Å²) in [5.41, 5.74) is 5.01. The van der Waals surface area contributed by atoms with Crippen LogP contribution >= 0.6 is 24.0 Å². The molecule has 0 aliphatic carbocycles. The van der Waals surface area contributed by atoms with Gasteiger partial charge in [0, 0.05) is 45.0 Å². The number of guanidine groups is 1. The maximum Gasteiger partial charge on any atom is 0.191 e. The summed E-state index contributed by atoms with van der Waals surface area (Å²) in [5.74, 6) is 0.856. The summed E-state index contributed by atoms with van der Waals surface area (Å²) in [5, 5.41) is 11.5. The molecule has 0 saturated carbocycles. The fourth-order valence-electron chi connectivity index (χ4n) is 3.55. The van der Waals surface area contributed by atoms with Gasteiger partial charge in [0.15, 0.2) is 5.96 Å². The first-order chi connectivity index (χ1) is 13.8. The molecule has 0 aliphatic rings. The number of halogens is 1. The fourth-order valence-corrected chi connectivity index (χ4v) is 3.55. The monoisotopic (exact) mass is 526 g/mol. The van der Waals surface area contributed by atoms with Crippen LogP contribution in [0.5, 0.6) is 0 Å². The van der Waals surface area contributed by atoms with Crippen LogP contribution in [-0.4, -0.2) is 53.4 Å². The van der Waals surface area contributed by atoms with E-state index in [4.69, 9.17) is 0 Å². The first-order valence-electron chi connectivity index (χ1n) is 10.5. The van der Waals surface area contributed by atoms with Crippen LogP contribution in [0.3, 0.4) is 0 Å². The van der Waals surface area contributed by atoms with Crippen LogP contribution in [0, 0.1) is 13.8 Å². The minimum absolute atomic E-state index is 0. The van der Waals surface area contributed by atoms with E-state index in [1.807, 2.05) is 18.8 Å². The topological polar surface area (TPSA) is 57.5 Å². The Labute approximate surface area is 199 Å². The zero-order valence-corrected chi connectivity index (χ0v) is 21.9. The molecule has 1 aromatic carbocycles. The molecule has 0 bridgehead atoms. The minimum Gasteiger partial charge on any atom is -0.356 e. The Morgan fingerprint density at radius 1 is 1.20 bits per heavy atom. The van der Waals surface area contributed by atoms with Gasteiger partial charge >= 0.3 is 0 Å². The van der Waals surface area contributed by atoms with Gasteiger partial charge in [-0.2, -0.15) is 5.10 Å². The van der Waals surface area contributed by atoms with Crippen molar-refractivity contribution in [3.05, 3.63) is 52.8 Å². The molecule has 6 nitrogen and oxygen atoms in total. The molecule has 0 fully saturated rings. The van der Waals surface area contributed by atoms with Crippen LogP contribution in [-0.2, 0) is 20.0 Å². The fraction of sp³-hybridized carbons (Fsp3) is 0.565. The third-order valence-electron chi connectivity index (χ3n) is 5.66. The standard InChI is InChI=1S/C23H38N6.HI/c1-17(15-22-19(3)27-29(7)20(22)4)26-23(24-5)25-14-13-18(2)28(6)16-21-11-9-8-10-12-21;/h8-12,17-18H,13-16H2,1-7H3,(H2,24,25,26);1H. The average molecular weight is 527 g/mol. The highest BCUT2D eigenvalue weighted by molar-refractivity contribution is 14.0. The van der Waals surface area contributed by atoms with E-state index in [9.17, 15) is 0 Å². The summed E-state index contributed by atoms with van der Waals surface area (Å²) in [6, 6.07) is 11.4. The smallest absolute Gasteiger partial charge is 0.191 e. The van der Waals surface area contributed by atoms with Crippen LogP contribution in [0.2, 0.25) is 0 Å². The van der Waals surface area contributed by atoms with Gasteiger partial charge < -0.3 is 10.6 Å². The van der Waals surface area contributed by atoms with Crippen LogP contribution < -0.4 is 10.6 Å². The van der Waals surface area contributed by atoms with Crippen molar-refractivity contribution in [1.29, 1.82) is 0 Å². The largest absolute Gasteiger partial charge is 0.356 e. The maximum absolute atomic E-state index is 4.52. The molecule has 2 aromatic rings. The minimum atomic E-state index is 0. The summed E-state index contributed by atoms with van der Waals surface area (Å²) < 4.78 is 1.96. The molecule has 0 saturated heterocycles. The van der Waals surface area contributed by atoms with E-state index in [1.165, 1.54) is 16.8 Å². The number of nitrogens with zero attached hydrogens (tertiary/aromatic N) is 4. The molecule has 0 radical (unpaired) electrons. The molecular formula is C23H39IN6. The molecule has 2 rings (SSSR count). The van der Waals surface area contributed by atoms with E-state index in [0.717, 1.165) is 37.6 Å². The molecule has 2 unspecified atom stereocenters. The van der Waals surface area contributed by atoms with Crippen LogP contribution in [0.15, 0.2) is 35.3 Å². The van der Waals surface area contributed by atoms with Crippen molar-refractivity contribution in [1.82, 2.24) is 25.3 Å². The number of hydrogen-bond donors (Lipinski definition) is 2. The van der Waals surface area contributed by atoms with Crippen molar-refractivity contribution >= 4 is 29.9 Å². The Hall–Kier alpha value is -1.61. The molecule has 1 aromatic heterocycles. The van der Waals surface area contributed by atoms with Gasteiger partial charge in [0.25, 0.3) is 0 Å². The first kappa shape index (κ1) is 26.4. The zero-order valence-electron chi connectivity index (χ0n) is 19.6. The molecule has 30 heavy (non-hydrogen) atoms. The zero-order chi connectivity index (χ0) is 21.4. The van der Waals surface area contributed by atoms with Crippen molar-refractivity contribution in [3.8, 4) is 0 Å². The van der Waals surface area contributed by atoms with Gasteiger partial charge in [-0.1, -0.05) is 30.3 Å². The number of benzene rings is 1. The van der Waals surface area contributed by atoms with E-state index < -0.39 is 0 Å². The average Bonchev–Trinajstić information content (AvgIpc) is 2.93. The lowest BCUT2D eigenvalue weighted by atomic mass is 10.1. The van der Waals surface area contributed by atoms with Gasteiger partial charge in [-0.05, 0) is 58.7 Å². The van der Waals surface area contributed by atoms with Crippen molar-refractivity contribution < 1.29 is 0 Å². The van der Waals surface area contributed by atoms with Gasteiger partial charge in [0.2, 0.25) is 0 Å². The van der Waals surface area contributed by atoms with Gasteiger partial charge in [-0.3, -0.25) is 14.6 Å². The van der Waals surface area contributed by atoms with Gasteiger partial charge in [0.1, 0.15) is 0 Å². The Morgan fingerprint density at radius 3 is 2.43 bits per heavy atom. The number of aromatic nitrogens is 2. The number of rotatable bonds is 9. The predicted octanol–water partition coefficient (Wildman–Crippen LogP) is 3.66. The second-order valence-corrected chi connectivity index (χ2v) is 8.06. The molecular weight excluding hydrogens is 487 g/mol. The normalized spacial score (nSPS) is 13.7. The Kier molecular flexibility index (Phi) is 11.4. The number of aryl methyl sites for hydroxylation is 2. The van der Waals surface area contributed by atoms with Crippen molar-refractivity contribution in [2.24, 2.45) is 12.0 Å². The summed E-state index contributed by atoms with van der Waals surface area (Å²) in [7, 11) is 6.01. The van der Waals surface area contributed by atoms with Crippen LogP contribution in [0.4, 0.5) is 0 Å². The lowest BCUT2D eigenvalue weighted by Crippen LogP contribution is -2.44. The third kappa shape index (κ3) is 7.91. The second kappa shape index (κ2) is 12.9. The van der Waals surface area contributed by atoms with E-state index in [0.29, 0.717) is 6.04 Å². The summed E-state index contributed by atoms with van der Waals surface area (Å²) in [6.07, 6.45) is 1.99. The SMILES string of the molecule is CN=C(NCCC(C)N(C)Cc1ccccc1)NC(C)Cc1c(C)nn(C)c1C.I. The molecule has 168 valence electrons. The van der Waals surface area contributed by atoms with Gasteiger partial charge in [-0.15, -0.1) is 24.0 Å². The highest BCUT2D eigenvalue weighted by atomic mass is 127. The highest BCUT2D eigenvalue weighted by Crippen LogP contribution is 2.14. The Balaban J connectivity index is 0.00000450. The van der Waals surface area contributed by atoms with E-state index >= 15 is 0 Å². The number of hydrogen-bond acceptors (Lipinski definition) is 3. The number of aliphatic imine (C=N–C) groups is 1. The Morgan fingerprint density at radius 2 is 1.87 bits per heavy atom. The van der Waals surface area contributed by atoms with Gasteiger partial charge in [0.05, 0.1) is 5.69 Å². The molecule has 7 heteroatoms. The van der Waals surface area contributed by atoms with Crippen molar-refractivity contribution in [3.63, 3.8) is 0 Å². The molecule has 0 spiro atoms. The first-order valence-corrected chi connectivity index (χ1v) is 10.5. The lowest BCUT2D eigenvalue weighted by Gasteiger charge is -2.25. The second-order valence-electron chi connectivity index (χ2n) is 8.06. The van der Waals surface area contributed by atoms with Gasteiger partial charge in [-0.25, -0.2) is 0 Å². The Bertz CT molecular complexity index is 786. The van der Waals surface area contributed by atoms with Crippen LogP contribution in [0.25, 0.3) is 0 Å². The molecule has 1 heterocycles. The quantitative estimate of drug-likeness (QED) is 0.298. The predicted molar refractivity (Wildman–Crippen MR) is 138 cm³/mol. The third-order valence-corrected chi connectivity index (χ3v) is 5.66. The maximum atomic E-state index is 4.52. The van der Waals surface area contributed by atoms with E-state index in [-0.39, 0.29) is 30.0 Å². The summed E-state index contributed by atoms with van der Waals surface area (Å²) in [6.45, 7) is 10.5. The lowest BCUT2D eigenvalue weighted by molar-refractivity contribution is 0.238. The van der Waals surface area contributed by atoms with Crippen molar-refractivity contribution in [2.75, 3.05) is 20.6 Å². The molecule has 0 aliphatic heterocycles. The molecule has 2 N–H and O–H groups in total. The van der Waals surface area contributed by atoms with E-state index in [1.54, 1.807) is 0 Å².